The molecule has 0 fully saturated rings. The minimum Gasteiger partial charge on any atom is -0.524 e. The summed E-state index contributed by atoms with van der Waals surface area (Å²) in [6, 6.07) is 12.0. The summed E-state index contributed by atoms with van der Waals surface area (Å²) in [5.41, 5.74) is 2.30. The van der Waals surface area contributed by atoms with Crippen LogP contribution in [0.15, 0.2) is 66.6 Å². The van der Waals surface area contributed by atoms with Crippen LogP contribution in [0.25, 0.3) is 22.2 Å². The Morgan fingerprint density at radius 2 is 1.92 bits per heavy atom. The standard InChI is InChI=1S/C24H22B2N6O5/c1-27-16-10-20(37-2)18(9-17(16)29-22(34)11-21(25)33)31-23-28-8-7-15(30-23)14-12-32(24(26,35)36)19-6-4-3-5-13(14)19/h3-12,27,33,35-36H,1-2H3,(H,29,34)(H,28,30,31)/b21-11+. The Balaban J connectivity index is 1.73. The molecule has 0 atom stereocenters. The zero-order chi connectivity index (χ0) is 26.7. The number of benzene rings is 2. The molecule has 1 amide bonds. The molecule has 2 aromatic heterocycles. The smallest absolute Gasteiger partial charge is 0.250 e. The number of nitrogens with one attached hydrogen (secondary N) is 3. The molecule has 2 heterocycles. The van der Waals surface area contributed by atoms with E-state index in [0.717, 1.165) is 10.6 Å². The van der Waals surface area contributed by atoms with E-state index in [0.29, 0.717) is 45.0 Å². The van der Waals surface area contributed by atoms with E-state index in [1.54, 1.807) is 37.4 Å². The van der Waals surface area contributed by atoms with E-state index in [1.165, 1.54) is 19.5 Å². The van der Waals surface area contributed by atoms with Crippen molar-refractivity contribution in [3.05, 3.63) is 66.6 Å². The summed E-state index contributed by atoms with van der Waals surface area (Å²) in [5.74, 6) is -2.61. The summed E-state index contributed by atoms with van der Waals surface area (Å²) in [6.07, 6.45) is 3.87. The van der Waals surface area contributed by atoms with Gasteiger partial charge in [-0.1, -0.05) is 18.2 Å². The van der Waals surface area contributed by atoms with Crippen LogP contribution in [-0.2, 0) is 10.6 Å². The largest absolute Gasteiger partial charge is 0.524 e. The molecule has 0 unspecified atom stereocenters. The lowest BCUT2D eigenvalue weighted by atomic mass is 10.0. The second-order valence-corrected chi connectivity index (χ2v) is 7.91. The van der Waals surface area contributed by atoms with Crippen molar-refractivity contribution < 1.29 is 24.9 Å². The Morgan fingerprint density at radius 1 is 1.16 bits per heavy atom. The third-order valence-electron chi connectivity index (χ3n) is 5.39. The third kappa shape index (κ3) is 5.52. The first kappa shape index (κ1) is 25.6. The number of methoxy groups -OCH3 is 1. The average molecular weight is 496 g/mol. The van der Waals surface area contributed by atoms with Crippen LogP contribution in [0.2, 0.25) is 0 Å². The molecule has 13 heteroatoms. The van der Waals surface area contributed by atoms with E-state index in [4.69, 9.17) is 25.5 Å². The minimum absolute atomic E-state index is 0.202. The van der Waals surface area contributed by atoms with E-state index in [-0.39, 0.29) is 5.95 Å². The Hall–Kier alpha value is -4.48. The zero-order valence-electron chi connectivity index (χ0n) is 19.9. The summed E-state index contributed by atoms with van der Waals surface area (Å²) < 4.78 is 6.62. The van der Waals surface area contributed by atoms with Crippen LogP contribution in [-0.4, -0.2) is 65.6 Å². The number of ether oxygens (including phenoxy) is 1. The molecule has 0 aliphatic carbocycles. The number of para-hydroxylation sites is 1. The molecule has 6 N–H and O–H groups in total. The number of amides is 1. The van der Waals surface area contributed by atoms with Crippen LogP contribution in [0, 0.1) is 0 Å². The molecule has 0 saturated carbocycles. The fraction of sp³-hybridized carbons (Fsp3) is 0.125. The highest BCUT2D eigenvalue weighted by atomic mass is 16.5. The van der Waals surface area contributed by atoms with Crippen LogP contribution in [0.5, 0.6) is 5.75 Å². The van der Waals surface area contributed by atoms with E-state index in [2.05, 4.69) is 25.9 Å². The molecule has 0 bridgehead atoms. The topological polar surface area (TPSA) is 154 Å². The van der Waals surface area contributed by atoms with E-state index in [9.17, 15) is 15.0 Å². The van der Waals surface area contributed by atoms with Crippen molar-refractivity contribution in [2.75, 3.05) is 30.1 Å². The fourth-order valence-electron chi connectivity index (χ4n) is 3.81. The lowest BCUT2D eigenvalue weighted by Gasteiger charge is -2.20. The minimum atomic E-state index is -2.61. The van der Waals surface area contributed by atoms with Gasteiger partial charge in [-0.25, -0.2) is 9.97 Å². The molecule has 184 valence electrons. The van der Waals surface area contributed by atoms with Crippen LogP contribution >= 0.6 is 0 Å². The normalized spacial score (nSPS) is 11.8. The SMILES string of the molecule is [B]/C(O)=C\C(=O)Nc1cc(Nc2nccc(-c3cn(C([B])(O)O)c4ccccc34)n2)c(OC)cc1NC. The van der Waals surface area contributed by atoms with Crippen LogP contribution in [0.4, 0.5) is 23.0 Å². The van der Waals surface area contributed by atoms with E-state index < -0.39 is 17.4 Å². The van der Waals surface area contributed by atoms with Gasteiger partial charge in [0, 0.05) is 48.2 Å². The molecule has 2 aromatic carbocycles. The molecule has 0 spiro atoms. The summed E-state index contributed by atoms with van der Waals surface area (Å²) in [6.45, 7) is 0. The molecule has 4 radical (unpaired) electrons. The van der Waals surface area contributed by atoms with Gasteiger partial charge < -0.3 is 40.6 Å². The first-order chi connectivity index (χ1) is 17.6. The molecule has 4 aromatic rings. The first-order valence-corrected chi connectivity index (χ1v) is 10.9. The number of anilines is 4. The molecule has 0 saturated heterocycles. The number of aliphatic hydroxyl groups excluding tert-OH is 1. The predicted molar refractivity (Wildman–Crippen MR) is 142 cm³/mol. The van der Waals surface area contributed by atoms with E-state index in [1.807, 2.05) is 12.1 Å². The van der Waals surface area contributed by atoms with Gasteiger partial charge in [0.2, 0.25) is 5.95 Å². The second kappa shape index (κ2) is 10.2. The molecular formula is C24H22B2N6O5. The Bertz CT molecular complexity index is 1500. The highest BCUT2D eigenvalue weighted by Crippen LogP contribution is 2.37. The molecule has 4 rings (SSSR count). The number of rotatable bonds is 8. The van der Waals surface area contributed by atoms with Crippen molar-refractivity contribution >= 4 is 55.5 Å². The maximum Gasteiger partial charge on any atom is 0.250 e. The van der Waals surface area contributed by atoms with Crippen molar-refractivity contribution in [1.29, 1.82) is 0 Å². The van der Waals surface area contributed by atoms with Gasteiger partial charge in [0.05, 0.1) is 35.4 Å². The summed E-state index contributed by atoms with van der Waals surface area (Å²) >= 11 is 0. The number of aromatic nitrogens is 3. The number of nitrogens with zero attached hydrogens (tertiary/aromatic N) is 3. The molecular weight excluding hydrogens is 474 g/mol. The van der Waals surface area contributed by atoms with Gasteiger partial charge in [-0.2, -0.15) is 0 Å². The number of hydrogen-bond acceptors (Lipinski definition) is 9. The monoisotopic (exact) mass is 496 g/mol. The number of hydrogen-bond donors (Lipinski definition) is 6. The lowest BCUT2D eigenvalue weighted by Crippen LogP contribution is -2.32. The molecule has 11 nitrogen and oxygen atoms in total. The molecule has 0 aliphatic heterocycles. The Morgan fingerprint density at radius 3 is 2.59 bits per heavy atom. The predicted octanol–water partition coefficient (Wildman–Crippen LogP) is 2.12. The summed E-state index contributed by atoms with van der Waals surface area (Å²) in [4.78, 5) is 21.0. The fourth-order valence-corrected chi connectivity index (χ4v) is 3.81. The van der Waals surface area contributed by atoms with Crippen LogP contribution in [0.1, 0.15) is 0 Å². The van der Waals surface area contributed by atoms with Crippen LogP contribution < -0.4 is 20.7 Å². The lowest BCUT2D eigenvalue weighted by molar-refractivity contribution is -0.148. The van der Waals surface area contributed by atoms with Gasteiger partial charge in [-0.05, 0) is 18.2 Å². The number of aliphatic hydroxyl groups is 3. The van der Waals surface area contributed by atoms with Crippen molar-refractivity contribution in [2.45, 2.75) is 5.81 Å². The maximum absolute atomic E-state index is 12.1. The van der Waals surface area contributed by atoms with Gasteiger partial charge in [-0.3, -0.25) is 4.79 Å². The zero-order valence-corrected chi connectivity index (χ0v) is 19.9. The molecule has 37 heavy (non-hydrogen) atoms. The van der Waals surface area contributed by atoms with Crippen molar-refractivity contribution in [1.82, 2.24) is 14.5 Å². The van der Waals surface area contributed by atoms with Gasteiger partial charge >= 0.3 is 0 Å². The average Bonchev–Trinajstić information content (AvgIpc) is 3.24. The highest BCUT2D eigenvalue weighted by Gasteiger charge is 2.22. The summed E-state index contributed by atoms with van der Waals surface area (Å²) in [7, 11) is 13.9. The first-order valence-electron chi connectivity index (χ1n) is 10.9. The third-order valence-corrected chi connectivity index (χ3v) is 5.39. The second-order valence-electron chi connectivity index (χ2n) is 7.91. The Kier molecular flexibility index (Phi) is 7.09. The Labute approximate surface area is 214 Å². The number of carbonyl (C=O) groups is 1. The van der Waals surface area contributed by atoms with Gasteiger partial charge in [-0.15, -0.1) is 0 Å². The maximum atomic E-state index is 12.1. The molecule has 0 aliphatic rings. The quantitative estimate of drug-likeness (QED) is 0.0932. The van der Waals surface area contributed by atoms with Gasteiger partial charge in [0.25, 0.3) is 5.91 Å². The van der Waals surface area contributed by atoms with Crippen molar-refractivity contribution in [3.8, 4) is 17.0 Å². The highest BCUT2D eigenvalue weighted by molar-refractivity contribution is 6.22. The number of carbonyl (C=O) groups excluding carboxylic acids is 1. The number of fused-ring (bicyclic) bond motifs is 1. The van der Waals surface area contributed by atoms with Gasteiger partial charge in [0.1, 0.15) is 5.75 Å². The summed E-state index contributed by atoms with van der Waals surface area (Å²) in [5, 5.41) is 38.6. The van der Waals surface area contributed by atoms with Gasteiger partial charge in [0.15, 0.2) is 21.5 Å². The van der Waals surface area contributed by atoms with Crippen LogP contribution in [0.3, 0.4) is 0 Å². The van der Waals surface area contributed by atoms with E-state index >= 15 is 0 Å². The van der Waals surface area contributed by atoms with Crippen molar-refractivity contribution in [3.63, 3.8) is 0 Å². The van der Waals surface area contributed by atoms with Crippen molar-refractivity contribution in [2.24, 2.45) is 0 Å².